The molecule has 0 saturated carbocycles. The van der Waals surface area contributed by atoms with Crippen molar-refractivity contribution in [1.29, 1.82) is 0 Å². The van der Waals surface area contributed by atoms with E-state index in [1.807, 2.05) is 41.0 Å². The van der Waals surface area contributed by atoms with Crippen molar-refractivity contribution in [2.75, 3.05) is 0 Å². The monoisotopic (exact) mass is 455 g/mol. The highest BCUT2D eigenvalue weighted by Gasteiger charge is 2.17. The van der Waals surface area contributed by atoms with Gasteiger partial charge in [0.15, 0.2) is 5.16 Å². The molecule has 3 heterocycles. The highest BCUT2D eigenvalue weighted by atomic mass is 32.2. The minimum absolute atomic E-state index is 0.0124. The van der Waals surface area contributed by atoms with Gasteiger partial charge in [0.05, 0.1) is 5.52 Å². The number of benzene rings is 2. The Hall–Kier alpha value is -3.22. The first kappa shape index (κ1) is 20.7. The SMILES string of the molecule is C=Cc1ccc(CSc2nc3c(sc4ncccc43)c(=O)n2CCc2ccccc2)cc1. The molecule has 32 heavy (non-hydrogen) atoms. The second-order valence-corrected chi connectivity index (χ2v) is 9.40. The van der Waals surface area contributed by atoms with Gasteiger partial charge in [-0.05, 0) is 35.2 Å². The van der Waals surface area contributed by atoms with Gasteiger partial charge in [-0.15, -0.1) is 11.3 Å². The lowest BCUT2D eigenvalue weighted by Crippen LogP contribution is -2.23. The fourth-order valence-electron chi connectivity index (χ4n) is 3.63. The predicted molar refractivity (Wildman–Crippen MR) is 135 cm³/mol. The smallest absolute Gasteiger partial charge is 0.272 e. The molecule has 5 aromatic rings. The fourth-order valence-corrected chi connectivity index (χ4v) is 5.64. The molecule has 0 N–H and O–H groups in total. The number of hydrogen-bond donors (Lipinski definition) is 0. The van der Waals surface area contributed by atoms with Gasteiger partial charge in [-0.2, -0.15) is 0 Å². The number of thiophene rings is 1. The van der Waals surface area contributed by atoms with Crippen LogP contribution >= 0.6 is 23.1 Å². The number of rotatable bonds is 7. The van der Waals surface area contributed by atoms with E-state index >= 15 is 0 Å². The third-order valence-electron chi connectivity index (χ3n) is 5.37. The standard InChI is InChI=1S/C26H21N3OS2/c1-2-18-10-12-20(13-11-18)17-31-26-28-22-21-9-6-15-27-24(21)32-23(22)25(30)29(26)16-14-19-7-4-3-5-8-19/h2-13,15H,1,14,16-17H2. The first-order valence-corrected chi connectivity index (χ1v) is 12.2. The number of pyridine rings is 1. The van der Waals surface area contributed by atoms with Crippen molar-refractivity contribution in [3.8, 4) is 0 Å². The van der Waals surface area contributed by atoms with Crippen molar-refractivity contribution >= 4 is 49.6 Å². The van der Waals surface area contributed by atoms with Gasteiger partial charge in [0, 0.05) is 23.9 Å². The first-order chi connectivity index (χ1) is 15.7. The molecular formula is C26H21N3OS2. The Morgan fingerprint density at radius 1 is 1.00 bits per heavy atom. The second kappa shape index (κ2) is 9.10. The van der Waals surface area contributed by atoms with Crippen LogP contribution in [0.1, 0.15) is 16.7 Å². The van der Waals surface area contributed by atoms with E-state index in [0.717, 1.165) is 38.6 Å². The maximum Gasteiger partial charge on any atom is 0.272 e. The van der Waals surface area contributed by atoms with Crippen molar-refractivity contribution in [2.24, 2.45) is 0 Å². The summed E-state index contributed by atoms with van der Waals surface area (Å²) in [4.78, 5) is 23.8. The summed E-state index contributed by atoms with van der Waals surface area (Å²) in [5.41, 5.74) is 4.24. The Balaban J connectivity index is 1.54. The summed E-state index contributed by atoms with van der Waals surface area (Å²) in [5.74, 6) is 0.737. The summed E-state index contributed by atoms with van der Waals surface area (Å²) in [7, 11) is 0. The number of aromatic nitrogens is 3. The molecule has 5 rings (SSSR count). The minimum Gasteiger partial charge on any atom is -0.286 e. The van der Waals surface area contributed by atoms with Crippen LogP contribution in [0.3, 0.4) is 0 Å². The molecule has 3 aromatic heterocycles. The summed E-state index contributed by atoms with van der Waals surface area (Å²) < 4.78 is 2.50. The second-order valence-electron chi connectivity index (χ2n) is 7.46. The Kier molecular flexibility index (Phi) is 5.88. The van der Waals surface area contributed by atoms with Gasteiger partial charge in [-0.1, -0.05) is 79.0 Å². The average molecular weight is 456 g/mol. The summed E-state index contributed by atoms with van der Waals surface area (Å²) in [6.45, 7) is 4.40. The third-order valence-corrected chi connectivity index (χ3v) is 7.51. The molecule has 0 saturated heterocycles. The molecular weight excluding hydrogens is 434 g/mol. The summed E-state index contributed by atoms with van der Waals surface area (Å²) in [6.07, 6.45) is 4.37. The molecule has 6 heteroatoms. The van der Waals surface area contributed by atoms with Crippen LogP contribution in [0.2, 0.25) is 0 Å². The lowest BCUT2D eigenvalue weighted by Gasteiger charge is -2.12. The van der Waals surface area contributed by atoms with Gasteiger partial charge >= 0.3 is 0 Å². The number of hydrogen-bond acceptors (Lipinski definition) is 5. The van der Waals surface area contributed by atoms with Gasteiger partial charge in [-0.25, -0.2) is 9.97 Å². The molecule has 0 atom stereocenters. The maximum absolute atomic E-state index is 13.5. The van der Waals surface area contributed by atoms with E-state index in [4.69, 9.17) is 4.98 Å². The minimum atomic E-state index is 0.0124. The highest BCUT2D eigenvalue weighted by molar-refractivity contribution is 7.98. The zero-order chi connectivity index (χ0) is 21.9. The van der Waals surface area contributed by atoms with E-state index in [-0.39, 0.29) is 5.56 Å². The number of aryl methyl sites for hydroxylation is 1. The third kappa shape index (κ3) is 4.11. The Morgan fingerprint density at radius 3 is 2.59 bits per heavy atom. The Bertz CT molecular complexity index is 1450. The number of nitrogens with zero attached hydrogens (tertiary/aromatic N) is 3. The summed E-state index contributed by atoms with van der Waals surface area (Å²) in [6, 6.07) is 22.4. The largest absolute Gasteiger partial charge is 0.286 e. The van der Waals surface area contributed by atoms with Gasteiger partial charge in [-0.3, -0.25) is 9.36 Å². The zero-order valence-electron chi connectivity index (χ0n) is 17.4. The van der Waals surface area contributed by atoms with Gasteiger partial charge in [0.1, 0.15) is 9.53 Å². The van der Waals surface area contributed by atoms with Crippen LogP contribution in [0.4, 0.5) is 0 Å². The van der Waals surface area contributed by atoms with Gasteiger partial charge < -0.3 is 0 Å². The molecule has 158 valence electrons. The molecule has 0 unspecified atom stereocenters. The van der Waals surface area contributed by atoms with Crippen LogP contribution in [-0.2, 0) is 18.7 Å². The van der Waals surface area contributed by atoms with Crippen molar-refractivity contribution in [2.45, 2.75) is 23.9 Å². The van der Waals surface area contributed by atoms with Crippen LogP contribution in [0.25, 0.3) is 26.5 Å². The van der Waals surface area contributed by atoms with Crippen molar-refractivity contribution in [3.63, 3.8) is 0 Å². The van der Waals surface area contributed by atoms with Gasteiger partial charge in [0.25, 0.3) is 5.56 Å². The Morgan fingerprint density at radius 2 is 1.81 bits per heavy atom. The summed E-state index contributed by atoms with van der Waals surface area (Å²) >= 11 is 3.03. The average Bonchev–Trinajstić information content (AvgIpc) is 3.22. The van der Waals surface area contributed by atoms with Crippen LogP contribution in [-0.4, -0.2) is 14.5 Å². The van der Waals surface area contributed by atoms with E-state index in [1.54, 1.807) is 18.0 Å². The summed E-state index contributed by atoms with van der Waals surface area (Å²) in [5, 5.41) is 1.69. The van der Waals surface area contributed by atoms with E-state index < -0.39 is 0 Å². The molecule has 0 amide bonds. The first-order valence-electron chi connectivity index (χ1n) is 10.4. The molecule has 2 aromatic carbocycles. The topological polar surface area (TPSA) is 47.8 Å². The fraction of sp³-hybridized carbons (Fsp3) is 0.115. The van der Waals surface area contributed by atoms with Crippen LogP contribution in [0.5, 0.6) is 0 Å². The number of fused-ring (bicyclic) bond motifs is 3. The number of thioether (sulfide) groups is 1. The molecule has 0 radical (unpaired) electrons. The molecule has 0 spiro atoms. The normalized spacial score (nSPS) is 11.2. The maximum atomic E-state index is 13.5. The van der Waals surface area contributed by atoms with E-state index in [9.17, 15) is 4.79 Å². The molecule has 0 aliphatic carbocycles. The van der Waals surface area contributed by atoms with Crippen molar-refractivity contribution < 1.29 is 0 Å². The molecule has 0 bridgehead atoms. The van der Waals surface area contributed by atoms with Crippen LogP contribution < -0.4 is 5.56 Å². The lowest BCUT2D eigenvalue weighted by molar-refractivity contribution is 0.596. The van der Waals surface area contributed by atoms with Crippen LogP contribution in [0.15, 0.2) is 89.5 Å². The van der Waals surface area contributed by atoms with E-state index in [0.29, 0.717) is 11.2 Å². The van der Waals surface area contributed by atoms with E-state index in [2.05, 4.69) is 48.0 Å². The van der Waals surface area contributed by atoms with E-state index in [1.165, 1.54) is 22.5 Å². The predicted octanol–water partition coefficient (Wildman–Crippen LogP) is 6.18. The zero-order valence-corrected chi connectivity index (χ0v) is 19.0. The van der Waals surface area contributed by atoms with Crippen LogP contribution in [0, 0.1) is 0 Å². The van der Waals surface area contributed by atoms with Gasteiger partial charge in [0.2, 0.25) is 0 Å². The Labute approximate surface area is 194 Å². The van der Waals surface area contributed by atoms with Crippen molar-refractivity contribution in [1.82, 2.24) is 14.5 Å². The highest BCUT2D eigenvalue weighted by Crippen LogP contribution is 2.31. The molecule has 0 aliphatic rings. The van der Waals surface area contributed by atoms with Crippen molar-refractivity contribution in [3.05, 3.63) is 107 Å². The molecule has 4 nitrogen and oxygen atoms in total. The molecule has 0 fully saturated rings. The lowest BCUT2D eigenvalue weighted by atomic mass is 10.1. The molecule has 0 aliphatic heterocycles. The quantitative estimate of drug-likeness (QED) is 0.217.